The second-order valence-corrected chi connectivity index (χ2v) is 9.03. The summed E-state index contributed by atoms with van der Waals surface area (Å²) >= 11 is 0. The molecule has 1 saturated carbocycles. The number of hydrogen-bond acceptors (Lipinski definition) is 7. The maximum atomic E-state index is 14.9. The Bertz CT molecular complexity index is 1270. The van der Waals surface area contributed by atoms with E-state index in [9.17, 15) is 14.0 Å². The van der Waals surface area contributed by atoms with Crippen LogP contribution in [-0.2, 0) is 9.59 Å². The van der Waals surface area contributed by atoms with Crippen LogP contribution >= 0.6 is 0 Å². The van der Waals surface area contributed by atoms with Crippen LogP contribution in [0.3, 0.4) is 0 Å². The molecule has 1 aliphatic rings. The molecule has 37 heavy (non-hydrogen) atoms. The molecule has 196 valence electrons. The summed E-state index contributed by atoms with van der Waals surface area (Å²) in [5, 5.41) is 3.27. The Morgan fingerprint density at radius 2 is 1.89 bits per heavy atom. The van der Waals surface area contributed by atoms with Gasteiger partial charge in [-0.25, -0.2) is 4.39 Å². The fourth-order valence-electron chi connectivity index (χ4n) is 4.31. The smallest absolute Gasteiger partial charge is 0.237 e. The molecule has 3 aromatic rings. The van der Waals surface area contributed by atoms with E-state index in [0.29, 0.717) is 53.9 Å². The van der Waals surface area contributed by atoms with Gasteiger partial charge in [-0.05, 0) is 50.2 Å². The summed E-state index contributed by atoms with van der Waals surface area (Å²) < 4.78 is 32.3. The van der Waals surface area contributed by atoms with Gasteiger partial charge in [-0.3, -0.25) is 9.78 Å². The zero-order valence-electron chi connectivity index (χ0n) is 21.4. The van der Waals surface area contributed by atoms with Crippen molar-refractivity contribution in [3.8, 4) is 23.0 Å². The fraction of sp³-hybridized carbons (Fsp3) is 0.393. The van der Waals surface area contributed by atoms with Crippen LogP contribution in [0, 0.1) is 11.2 Å². The Kier molecular flexibility index (Phi) is 8.23. The average molecular weight is 510 g/mol. The SMILES string of the molecule is CCN(CC)CCOc1cc2nccc(Oc3ccc(NC(=O)C4(C=O)CCC4)cc3F)c2cc1OC. The second-order valence-electron chi connectivity index (χ2n) is 9.03. The summed E-state index contributed by atoms with van der Waals surface area (Å²) in [6, 6.07) is 9.33. The second kappa shape index (κ2) is 11.6. The van der Waals surface area contributed by atoms with Gasteiger partial charge in [0.2, 0.25) is 5.91 Å². The first kappa shape index (κ1) is 26.3. The van der Waals surface area contributed by atoms with Gasteiger partial charge >= 0.3 is 0 Å². The van der Waals surface area contributed by atoms with Gasteiger partial charge in [0.25, 0.3) is 0 Å². The molecule has 1 fully saturated rings. The van der Waals surface area contributed by atoms with Gasteiger partial charge in [-0.1, -0.05) is 20.3 Å². The standard InChI is InChI=1S/C28H32FN3O5/c1-4-32(5-2)13-14-36-26-17-22-20(16-25(26)35-3)23(9-12-30-22)37-24-8-7-19(15-21(24)29)31-27(34)28(18-33)10-6-11-28/h7-9,12,15-18H,4-6,10-11,13-14H2,1-3H3,(H,31,34). The van der Waals surface area contributed by atoms with Crippen molar-refractivity contribution in [2.24, 2.45) is 5.41 Å². The summed E-state index contributed by atoms with van der Waals surface area (Å²) in [5.74, 6) is 0.394. The molecule has 0 bridgehead atoms. The minimum absolute atomic E-state index is 0.0160. The molecule has 0 spiro atoms. The van der Waals surface area contributed by atoms with Gasteiger partial charge < -0.3 is 29.2 Å². The number of amides is 1. The third kappa shape index (κ3) is 5.67. The Morgan fingerprint density at radius 1 is 1.11 bits per heavy atom. The van der Waals surface area contributed by atoms with Crippen molar-refractivity contribution < 1.29 is 28.2 Å². The lowest BCUT2D eigenvalue weighted by atomic mass is 9.69. The van der Waals surface area contributed by atoms with E-state index in [1.165, 1.54) is 12.1 Å². The number of rotatable bonds is 12. The predicted octanol–water partition coefficient (Wildman–Crippen LogP) is 5.20. The maximum absolute atomic E-state index is 14.9. The van der Waals surface area contributed by atoms with Crippen molar-refractivity contribution >= 4 is 28.8 Å². The van der Waals surface area contributed by atoms with Crippen molar-refractivity contribution in [2.75, 3.05) is 38.7 Å². The number of ether oxygens (including phenoxy) is 3. The van der Waals surface area contributed by atoms with Crippen LogP contribution < -0.4 is 19.5 Å². The van der Waals surface area contributed by atoms with Crippen molar-refractivity contribution in [1.29, 1.82) is 0 Å². The first-order valence-electron chi connectivity index (χ1n) is 12.5. The number of aromatic nitrogens is 1. The van der Waals surface area contributed by atoms with Gasteiger partial charge in [0.15, 0.2) is 23.1 Å². The monoisotopic (exact) mass is 509 g/mol. The summed E-state index contributed by atoms with van der Waals surface area (Å²) in [6.07, 6.45) is 4.10. The Balaban J connectivity index is 1.52. The number of carbonyl (C=O) groups excluding carboxylic acids is 2. The fourth-order valence-corrected chi connectivity index (χ4v) is 4.31. The number of nitrogens with zero attached hydrogens (tertiary/aromatic N) is 2. The number of likely N-dealkylation sites (N-methyl/N-ethyl adjacent to an activating group) is 1. The summed E-state index contributed by atoms with van der Waals surface area (Å²) in [4.78, 5) is 30.5. The highest BCUT2D eigenvalue weighted by Gasteiger charge is 2.44. The first-order valence-corrected chi connectivity index (χ1v) is 12.5. The number of hydrogen-bond donors (Lipinski definition) is 1. The molecule has 1 heterocycles. The summed E-state index contributed by atoms with van der Waals surface area (Å²) in [7, 11) is 1.56. The van der Waals surface area contributed by atoms with Crippen LogP contribution in [0.15, 0.2) is 42.6 Å². The molecular formula is C28H32FN3O5. The molecule has 1 aliphatic carbocycles. The number of methoxy groups -OCH3 is 1. The zero-order valence-corrected chi connectivity index (χ0v) is 21.4. The molecule has 1 amide bonds. The average Bonchev–Trinajstić information content (AvgIpc) is 2.87. The van der Waals surface area contributed by atoms with Crippen LogP contribution in [0.5, 0.6) is 23.0 Å². The molecule has 4 rings (SSSR count). The van der Waals surface area contributed by atoms with Crippen molar-refractivity contribution in [3.05, 3.63) is 48.4 Å². The van der Waals surface area contributed by atoms with Gasteiger partial charge in [-0.15, -0.1) is 0 Å². The van der Waals surface area contributed by atoms with Crippen molar-refractivity contribution in [2.45, 2.75) is 33.1 Å². The van der Waals surface area contributed by atoms with E-state index in [1.54, 1.807) is 37.6 Å². The molecule has 0 saturated heterocycles. The molecule has 0 unspecified atom stereocenters. The molecule has 9 heteroatoms. The minimum Gasteiger partial charge on any atom is -0.493 e. The molecule has 1 aromatic heterocycles. The molecule has 2 aromatic carbocycles. The number of benzene rings is 2. The number of halogens is 1. The van der Waals surface area contributed by atoms with Gasteiger partial charge in [0.05, 0.1) is 12.6 Å². The van der Waals surface area contributed by atoms with Crippen molar-refractivity contribution in [1.82, 2.24) is 9.88 Å². The number of carbonyl (C=O) groups is 2. The van der Waals surface area contributed by atoms with Gasteiger partial charge in [-0.2, -0.15) is 0 Å². The maximum Gasteiger partial charge on any atom is 0.237 e. The zero-order chi connectivity index (χ0) is 26.4. The third-order valence-electron chi connectivity index (χ3n) is 6.88. The highest BCUT2D eigenvalue weighted by molar-refractivity contribution is 6.05. The predicted molar refractivity (Wildman–Crippen MR) is 139 cm³/mol. The molecule has 0 aliphatic heterocycles. The molecule has 1 N–H and O–H groups in total. The first-order chi connectivity index (χ1) is 17.9. The highest BCUT2D eigenvalue weighted by atomic mass is 19.1. The van der Waals surface area contributed by atoms with E-state index in [-0.39, 0.29) is 11.4 Å². The number of nitrogens with one attached hydrogen (secondary N) is 1. The lowest BCUT2D eigenvalue weighted by Crippen LogP contribution is -2.43. The molecule has 0 radical (unpaired) electrons. The van der Waals surface area contributed by atoms with Crippen molar-refractivity contribution in [3.63, 3.8) is 0 Å². The lowest BCUT2D eigenvalue weighted by Gasteiger charge is -2.34. The van der Waals surface area contributed by atoms with Crippen LogP contribution in [0.4, 0.5) is 10.1 Å². The third-order valence-corrected chi connectivity index (χ3v) is 6.88. The number of pyridine rings is 1. The van der Waals surface area contributed by atoms with Gasteiger partial charge in [0.1, 0.15) is 24.1 Å². The van der Waals surface area contributed by atoms with Gasteiger partial charge in [0, 0.05) is 35.9 Å². The lowest BCUT2D eigenvalue weighted by molar-refractivity contribution is -0.137. The quantitative estimate of drug-likeness (QED) is 0.265. The summed E-state index contributed by atoms with van der Waals surface area (Å²) in [6.45, 7) is 7.39. The van der Waals surface area contributed by atoms with Crippen LogP contribution in [0.25, 0.3) is 10.9 Å². The van der Waals surface area contributed by atoms with E-state index >= 15 is 0 Å². The molecular weight excluding hydrogens is 477 g/mol. The number of anilines is 1. The Morgan fingerprint density at radius 3 is 2.51 bits per heavy atom. The molecule has 8 nitrogen and oxygen atoms in total. The number of fused-ring (bicyclic) bond motifs is 1. The van der Waals surface area contributed by atoms with E-state index in [1.807, 2.05) is 0 Å². The van der Waals surface area contributed by atoms with E-state index in [0.717, 1.165) is 26.1 Å². The van der Waals surface area contributed by atoms with Crippen LogP contribution in [0.1, 0.15) is 33.1 Å². The number of aldehydes is 1. The normalized spacial score (nSPS) is 14.2. The largest absolute Gasteiger partial charge is 0.493 e. The summed E-state index contributed by atoms with van der Waals surface area (Å²) in [5.41, 5.74) is -0.134. The highest BCUT2D eigenvalue weighted by Crippen LogP contribution is 2.40. The van der Waals surface area contributed by atoms with Crippen LogP contribution in [-0.4, -0.2) is 55.4 Å². The van der Waals surface area contributed by atoms with Crippen LogP contribution in [0.2, 0.25) is 0 Å². The Hall–Kier alpha value is -3.72. The van der Waals surface area contributed by atoms with E-state index < -0.39 is 17.1 Å². The topological polar surface area (TPSA) is 90.0 Å². The van der Waals surface area contributed by atoms with E-state index in [4.69, 9.17) is 14.2 Å². The Labute approximate surface area is 215 Å². The minimum atomic E-state index is -1.01. The van der Waals surface area contributed by atoms with E-state index in [2.05, 4.69) is 29.0 Å². The molecule has 0 atom stereocenters.